The van der Waals surface area contributed by atoms with Crippen LogP contribution in [0.25, 0.3) is 0 Å². The number of hydrogen-bond acceptors (Lipinski definition) is 2. The molecule has 0 unspecified atom stereocenters. The van der Waals surface area contributed by atoms with Gasteiger partial charge in [0.05, 0.1) is 0 Å². The van der Waals surface area contributed by atoms with Gasteiger partial charge in [-0.1, -0.05) is 0 Å². The van der Waals surface area contributed by atoms with E-state index in [1.54, 1.807) is 0 Å². The van der Waals surface area contributed by atoms with Gasteiger partial charge in [0.15, 0.2) is 0 Å². The lowest BCUT2D eigenvalue weighted by Gasteiger charge is -2.01. The molecule has 0 radical (unpaired) electrons. The number of hydrogen-bond donors (Lipinski definition) is 1. The lowest BCUT2D eigenvalue weighted by Crippen LogP contribution is -2.06. The molecule has 60 valence electrons. The summed E-state index contributed by atoms with van der Waals surface area (Å²) >= 11 is 0. The molecule has 1 aromatic rings. The summed E-state index contributed by atoms with van der Waals surface area (Å²) in [5.74, 6) is 0.581. The zero-order chi connectivity index (χ0) is 7.84. The van der Waals surface area contributed by atoms with Gasteiger partial charge in [-0.25, -0.2) is 0 Å². The average molecular weight is 151 g/mol. The largest absolute Gasteiger partial charge is 0.327 e. The van der Waals surface area contributed by atoms with Crippen LogP contribution in [0.15, 0.2) is 12.3 Å². The van der Waals surface area contributed by atoms with Crippen molar-refractivity contribution < 1.29 is 0 Å². The summed E-state index contributed by atoms with van der Waals surface area (Å²) < 4.78 is 2.03. The number of rotatable bonds is 2. The molecular weight excluding hydrogens is 138 g/mol. The van der Waals surface area contributed by atoms with Gasteiger partial charge in [0.1, 0.15) is 0 Å². The molecule has 0 aliphatic heterocycles. The highest BCUT2D eigenvalue weighted by atomic mass is 15.3. The Labute approximate surface area is 66.2 Å². The summed E-state index contributed by atoms with van der Waals surface area (Å²) in [7, 11) is 0. The fraction of sp³-hybridized carbons (Fsp3) is 0.625. The van der Waals surface area contributed by atoms with Crippen LogP contribution in [-0.4, -0.2) is 15.8 Å². The minimum absolute atomic E-state index is 0.386. The van der Waals surface area contributed by atoms with Gasteiger partial charge in [-0.15, -0.1) is 0 Å². The normalized spacial score (nSPS) is 28.9. The maximum Gasteiger partial charge on any atom is 0.0492 e. The van der Waals surface area contributed by atoms with Gasteiger partial charge in [-0.05, 0) is 19.4 Å². The highest BCUT2D eigenvalue weighted by Gasteiger charge is 2.36. The van der Waals surface area contributed by atoms with Crippen molar-refractivity contribution in [3.05, 3.63) is 18.0 Å². The van der Waals surface area contributed by atoms with E-state index in [2.05, 4.69) is 18.1 Å². The first-order valence-corrected chi connectivity index (χ1v) is 4.10. The number of nitrogens with two attached hydrogens (primary N) is 1. The average Bonchev–Trinajstić information content (AvgIpc) is 2.58. The third-order valence-electron chi connectivity index (χ3n) is 2.27. The van der Waals surface area contributed by atoms with Gasteiger partial charge >= 0.3 is 0 Å². The summed E-state index contributed by atoms with van der Waals surface area (Å²) in [6.07, 6.45) is 2.98. The summed E-state index contributed by atoms with van der Waals surface area (Å²) in [6, 6.07) is 2.46. The third-order valence-corrected chi connectivity index (χ3v) is 2.27. The van der Waals surface area contributed by atoms with Crippen LogP contribution >= 0.6 is 0 Å². The zero-order valence-corrected chi connectivity index (χ0v) is 6.70. The minimum atomic E-state index is 0.386. The number of nitrogens with zero attached hydrogens (tertiary/aromatic N) is 2. The second-order valence-corrected chi connectivity index (χ2v) is 3.08. The molecule has 2 rings (SSSR count). The maximum absolute atomic E-state index is 5.74. The molecule has 3 heteroatoms. The predicted molar refractivity (Wildman–Crippen MR) is 43.2 cm³/mol. The summed E-state index contributed by atoms with van der Waals surface area (Å²) in [4.78, 5) is 0. The molecule has 11 heavy (non-hydrogen) atoms. The first-order valence-electron chi connectivity index (χ1n) is 4.10. The van der Waals surface area contributed by atoms with Crippen LogP contribution in [0.1, 0.15) is 25.0 Å². The maximum atomic E-state index is 5.74. The van der Waals surface area contributed by atoms with Gasteiger partial charge in [0.25, 0.3) is 0 Å². The van der Waals surface area contributed by atoms with E-state index in [4.69, 9.17) is 5.73 Å². The molecule has 2 N–H and O–H groups in total. The molecule has 0 saturated heterocycles. The second-order valence-electron chi connectivity index (χ2n) is 3.08. The SMILES string of the molecule is CCn1nccc1[C@H]1C[C@@H]1N. The van der Waals surface area contributed by atoms with Crippen LogP contribution in [0.5, 0.6) is 0 Å². The van der Waals surface area contributed by atoms with Gasteiger partial charge in [0, 0.05) is 30.4 Å². The molecule has 2 atom stereocenters. The molecule has 0 amide bonds. The Kier molecular flexibility index (Phi) is 1.46. The van der Waals surface area contributed by atoms with E-state index in [0.29, 0.717) is 12.0 Å². The standard InChI is InChI=1S/C8H13N3/c1-2-11-8(3-4-10-11)6-5-7(6)9/h3-4,6-7H,2,5,9H2,1H3/t6-,7-/m0/s1. The summed E-state index contributed by atoms with van der Waals surface area (Å²) in [6.45, 7) is 3.05. The summed E-state index contributed by atoms with van der Waals surface area (Å²) in [5.41, 5.74) is 7.05. The Morgan fingerprint density at radius 2 is 2.55 bits per heavy atom. The van der Waals surface area contributed by atoms with E-state index in [1.165, 1.54) is 5.69 Å². The topological polar surface area (TPSA) is 43.8 Å². The molecule has 3 nitrogen and oxygen atoms in total. The van der Waals surface area contributed by atoms with Gasteiger partial charge in [-0.3, -0.25) is 4.68 Å². The number of aryl methyl sites for hydroxylation is 1. The monoisotopic (exact) mass is 151 g/mol. The molecule has 0 aromatic carbocycles. The highest BCUT2D eigenvalue weighted by molar-refractivity contribution is 5.19. The molecule has 1 heterocycles. The first-order chi connectivity index (χ1) is 5.33. The van der Waals surface area contributed by atoms with Crippen molar-refractivity contribution in [2.75, 3.05) is 0 Å². The molecule has 1 aromatic heterocycles. The summed E-state index contributed by atoms with van der Waals surface area (Å²) in [5, 5.41) is 4.19. The smallest absolute Gasteiger partial charge is 0.0492 e. The highest BCUT2D eigenvalue weighted by Crippen LogP contribution is 2.38. The lowest BCUT2D eigenvalue weighted by atomic mass is 10.3. The van der Waals surface area contributed by atoms with E-state index >= 15 is 0 Å². The van der Waals surface area contributed by atoms with Crippen LogP contribution in [0.3, 0.4) is 0 Å². The molecule has 1 aliphatic rings. The Balaban J connectivity index is 2.23. The van der Waals surface area contributed by atoms with E-state index in [-0.39, 0.29) is 0 Å². The van der Waals surface area contributed by atoms with E-state index in [1.807, 2.05) is 10.9 Å². The minimum Gasteiger partial charge on any atom is -0.327 e. The zero-order valence-electron chi connectivity index (χ0n) is 6.70. The van der Waals surface area contributed by atoms with Crippen molar-refractivity contribution in [3.63, 3.8) is 0 Å². The first kappa shape index (κ1) is 6.85. The van der Waals surface area contributed by atoms with Crippen LogP contribution in [-0.2, 0) is 6.54 Å². The Morgan fingerprint density at radius 1 is 1.82 bits per heavy atom. The molecule has 1 fully saturated rings. The molecule has 0 bridgehead atoms. The Morgan fingerprint density at radius 3 is 3.09 bits per heavy atom. The van der Waals surface area contributed by atoms with Gasteiger partial charge in [0.2, 0.25) is 0 Å². The van der Waals surface area contributed by atoms with Crippen molar-refractivity contribution >= 4 is 0 Å². The van der Waals surface area contributed by atoms with Crippen LogP contribution in [0, 0.1) is 0 Å². The van der Waals surface area contributed by atoms with Crippen molar-refractivity contribution in [2.45, 2.75) is 31.8 Å². The van der Waals surface area contributed by atoms with E-state index in [0.717, 1.165) is 13.0 Å². The molecule has 0 spiro atoms. The van der Waals surface area contributed by atoms with Crippen LogP contribution in [0.2, 0.25) is 0 Å². The fourth-order valence-corrected chi connectivity index (χ4v) is 1.48. The van der Waals surface area contributed by atoms with E-state index in [9.17, 15) is 0 Å². The van der Waals surface area contributed by atoms with Gasteiger partial charge in [-0.2, -0.15) is 5.10 Å². The predicted octanol–water partition coefficient (Wildman–Crippen LogP) is 0.718. The second kappa shape index (κ2) is 2.34. The Hall–Kier alpha value is -0.830. The lowest BCUT2D eigenvalue weighted by molar-refractivity contribution is 0.620. The van der Waals surface area contributed by atoms with Crippen molar-refractivity contribution in [1.82, 2.24) is 9.78 Å². The van der Waals surface area contributed by atoms with Gasteiger partial charge < -0.3 is 5.73 Å². The fourth-order valence-electron chi connectivity index (χ4n) is 1.48. The number of aromatic nitrogens is 2. The Bertz CT molecular complexity index is 254. The van der Waals surface area contributed by atoms with E-state index < -0.39 is 0 Å². The van der Waals surface area contributed by atoms with Crippen LogP contribution in [0.4, 0.5) is 0 Å². The quantitative estimate of drug-likeness (QED) is 0.676. The molecule has 1 aliphatic carbocycles. The van der Waals surface area contributed by atoms with Crippen LogP contribution < -0.4 is 5.73 Å². The molecule has 1 saturated carbocycles. The van der Waals surface area contributed by atoms with Crippen molar-refractivity contribution in [1.29, 1.82) is 0 Å². The molecular formula is C8H13N3. The van der Waals surface area contributed by atoms with Crippen molar-refractivity contribution in [3.8, 4) is 0 Å². The van der Waals surface area contributed by atoms with Crippen molar-refractivity contribution in [2.24, 2.45) is 5.73 Å². The third kappa shape index (κ3) is 1.05.